The summed E-state index contributed by atoms with van der Waals surface area (Å²) in [5.41, 5.74) is 18.0. The quantitative estimate of drug-likeness (QED) is 0.153. The molecule has 63 heavy (non-hydrogen) atoms. The number of hydrogen-bond acceptors (Lipinski definition) is 2. The molecule has 0 aliphatic rings. The van der Waals surface area contributed by atoms with Crippen molar-refractivity contribution in [2.45, 2.75) is 0 Å². The molecule has 0 spiro atoms. The van der Waals surface area contributed by atoms with Crippen LogP contribution in [0.15, 0.2) is 247 Å². The highest BCUT2D eigenvalue weighted by atomic mass is 16.3. The van der Waals surface area contributed by atoms with Gasteiger partial charge in [0, 0.05) is 44.2 Å². The third-order valence-electron chi connectivity index (χ3n) is 12.4. The molecule has 0 aliphatic carbocycles. The second kappa shape index (κ2) is 15.3. The van der Waals surface area contributed by atoms with E-state index in [0.717, 1.165) is 66.9 Å². The largest absolute Gasteiger partial charge is 0.456 e. The Balaban J connectivity index is 0.889. The lowest BCUT2D eigenvalue weighted by Gasteiger charge is -2.28. The van der Waals surface area contributed by atoms with Crippen LogP contribution in [0.3, 0.4) is 0 Å². The molecular weight excluding hydrogens is 765 g/mol. The monoisotopic (exact) mass is 804 g/mol. The summed E-state index contributed by atoms with van der Waals surface area (Å²) in [7, 11) is 0. The molecule has 0 radical (unpaired) electrons. The first kappa shape index (κ1) is 36.5. The van der Waals surface area contributed by atoms with E-state index >= 15 is 0 Å². The van der Waals surface area contributed by atoms with Crippen LogP contribution in [0.5, 0.6) is 0 Å². The summed E-state index contributed by atoms with van der Waals surface area (Å²) in [5, 5.41) is 4.80. The maximum atomic E-state index is 6.30. The Bertz CT molecular complexity index is 3550. The lowest BCUT2D eigenvalue weighted by Crippen LogP contribution is -2.11. The zero-order valence-corrected chi connectivity index (χ0v) is 34.4. The number of rotatable bonds is 8. The molecule has 2 heterocycles. The number of fused-ring (bicyclic) bond motifs is 6. The zero-order valence-electron chi connectivity index (χ0n) is 34.4. The first-order chi connectivity index (χ1) is 31.2. The number of hydrogen-bond donors (Lipinski definition) is 0. The average molecular weight is 805 g/mol. The molecule has 0 fully saturated rings. The van der Waals surface area contributed by atoms with E-state index in [1.807, 2.05) is 12.1 Å². The Morgan fingerprint density at radius 2 is 0.825 bits per heavy atom. The van der Waals surface area contributed by atoms with Crippen molar-refractivity contribution in [2.75, 3.05) is 4.90 Å². The lowest BCUT2D eigenvalue weighted by atomic mass is 9.97. The van der Waals surface area contributed by atoms with Crippen LogP contribution in [0, 0.1) is 0 Å². The highest BCUT2D eigenvalue weighted by Crippen LogP contribution is 2.44. The van der Waals surface area contributed by atoms with E-state index in [2.05, 4.69) is 240 Å². The Morgan fingerprint density at radius 3 is 1.52 bits per heavy atom. The predicted octanol–water partition coefficient (Wildman–Crippen LogP) is 16.8. The number of furan rings is 1. The molecule has 12 aromatic rings. The van der Waals surface area contributed by atoms with Crippen LogP contribution in [0.2, 0.25) is 0 Å². The van der Waals surface area contributed by atoms with Crippen LogP contribution >= 0.6 is 0 Å². The molecule has 0 saturated carbocycles. The number of benzene rings is 10. The summed E-state index contributed by atoms with van der Waals surface area (Å²) < 4.78 is 8.67. The normalized spacial score (nSPS) is 11.5. The Labute approximate surface area is 366 Å². The fourth-order valence-electron chi connectivity index (χ4n) is 9.45. The van der Waals surface area contributed by atoms with Crippen molar-refractivity contribution in [1.82, 2.24) is 4.57 Å². The summed E-state index contributed by atoms with van der Waals surface area (Å²) in [6.07, 6.45) is 0. The van der Waals surface area contributed by atoms with Crippen molar-refractivity contribution >= 4 is 60.8 Å². The maximum absolute atomic E-state index is 6.30. The molecule has 12 rings (SSSR count). The smallest absolute Gasteiger partial charge is 0.136 e. The lowest BCUT2D eigenvalue weighted by molar-refractivity contribution is 0.669. The van der Waals surface area contributed by atoms with Crippen molar-refractivity contribution in [1.29, 1.82) is 0 Å². The van der Waals surface area contributed by atoms with E-state index in [4.69, 9.17) is 4.42 Å². The summed E-state index contributed by atoms with van der Waals surface area (Å²) in [6, 6.07) is 87.0. The van der Waals surface area contributed by atoms with E-state index < -0.39 is 0 Å². The fraction of sp³-hybridized carbons (Fsp3) is 0. The van der Waals surface area contributed by atoms with Crippen molar-refractivity contribution in [2.24, 2.45) is 0 Å². The van der Waals surface area contributed by atoms with Gasteiger partial charge in [0.1, 0.15) is 11.2 Å². The average Bonchev–Trinajstić information content (AvgIpc) is 3.91. The van der Waals surface area contributed by atoms with Gasteiger partial charge in [0.25, 0.3) is 0 Å². The Hall–Kier alpha value is -8.40. The first-order valence-electron chi connectivity index (χ1n) is 21.5. The summed E-state index contributed by atoms with van der Waals surface area (Å²) in [4.78, 5) is 2.38. The Kier molecular flexibility index (Phi) is 8.83. The minimum Gasteiger partial charge on any atom is -0.456 e. The highest BCUT2D eigenvalue weighted by Gasteiger charge is 2.20. The van der Waals surface area contributed by atoms with Gasteiger partial charge in [-0.1, -0.05) is 176 Å². The third-order valence-corrected chi connectivity index (χ3v) is 12.4. The number of para-hydroxylation sites is 4. The van der Waals surface area contributed by atoms with Gasteiger partial charge in [0.05, 0.1) is 16.7 Å². The summed E-state index contributed by atoms with van der Waals surface area (Å²) in [5.74, 6) is 0. The molecule has 296 valence electrons. The molecule has 0 N–H and O–H groups in total. The molecule has 0 bridgehead atoms. The van der Waals surface area contributed by atoms with Gasteiger partial charge in [-0.3, -0.25) is 0 Å². The molecule has 0 aliphatic heterocycles. The van der Waals surface area contributed by atoms with E-state index in [1.165, 1.54) is 44.1 Å². The van der Waals surface area contributed by atoms with Crippen LogP contribution in [0.25, 0.3) is 93.9 Å². The van der Waals surface area contributed by atoms with Crippen LogP contribution < -0.4 is 4.90 Å². The van der Waals surface area contributed by atoms with Gasteiger partial charge >= 0.3 is 0 Å². The minimum absolute atomic E-state index is 0.891. The predicted molar refractivity (Wildman–Crippen MR) is 264 cm³/mol. The third kappa shape index (κ3) is 6.38. The van der Waals surface area contributed by atoms with E-state index in [0.29, 0.717) is 0 Å². The van der Waals surface area contributed by atoms with Gasteiger partial charge < -0.3 is 13.9 Å². The van der Waals surface area contributed by atoms with Gasteiger partial charge in [0.2, 0.25) is 0 Å². The van der Waals surface area contributed by atoms with Crippen molar-refractivity contribution in [3.05, 3.63) is 243 Å². The van der Waals surface area contributed by atoms with Gasteiger partial charge in [-0.15, -0.1) is 0 Å². The molecule has 3 nitrogen and oxygen atoms in total. The highest BCUT2D eigenvalue weighted by molar-refractivity contribution is 6.13. The summed E-state index contributed by atoms with van der Waals surface area (Å²) >= 11 is 0. The van der Waals surface area contributed by atoms with Crippen molar-refractivity contribution in [3.8, 4) is 50.2 Å². The molecule has 3 heteroatoms. The van der Waals surface area contributed by atoms with Gasteiger partial charge in [-0.05, 0) is 106 Å². The second-order valence-corrected chi connectivity index (χ2v) is 16.1. The zero-order chi connectivity index (χ0) is 41.7. The van der Waals surface area contributed by atoms with E-state index in [1.54, 1.807) is 0 Å². The van der Waals surface area contributed by atoms with Crippen LogP contribution in [-0.2, 0) is 0 Å². The molecule has 10 aromatic carbocycles. The number of aromatic nitrogens is 1. The summed E-state index contributed by atoms with van der Waals surface area (Å²) in [6.45, 7) is 0. The second-order valence-electron chi connectivity index (χ2n) is 16.1. The minimum atomic E-state index is 0.891. The van der Waals surface area contributed by atoms with Crippen LogP contribution in [0.4, 0.5) is 17.1 Å². The van der Waals surface area contributed by atoms with E-state index in [9.17, 15) is 0 Å². The van der Waals surface area contributed by atoms with E-state index in [-0.39, 0.29) is 0 Å². The first-order valence-corrected chi connectivity index (χ1v) is 21.5. The fourth-order valence-corrected chi connectivity index (χ4v) is 9.45. The molecule has 0 atom stereocenters. The van der Waals surface area contributed by atoms with Crippen LogP contribution in [-0.4, -0.2) is 4.57 Å². The SMILES string of the molecule is c1ccc(-c2ccccc2N(c2ccc(-c3ccc(-c4ccc(-n5c6ccccc6c6ccccc65)cc4)cc3)cc2)c2cccc(-c3cccc4oc5ccccc5c34)c2)cc1. The molecule has 2 aromatic heterocycles. The topological polar surface area (TPSA) is 21.3 Å². The maximum Gasteiger partial charge on any atom is 0.136 e. The number of nitrogens with zero attached hydrogens (tertiary/aromatic N) is 2. The van der Waals surface area contributed by atoms with Gasteiger partial charge in [0.15, 0.2) is 0 Å². The van der Waals surface area contributed by atoms with Gasteiger partial charge in [-0.2, -0.15) is 0 Å². The number of anilines is 3. The molecule has 0 amide bonds. The van der Waals surface area contributed by atoms with Crippen molar-refractivity contribution in [3.63, 3.8) is 0 Å². The molecule has 0 unspecified atom stereocenters. The Morgan fingerprint density at radius 1 is 0.317 bits per heavy atom. The standard InChI is InChI=1S/C60H40N2O/c1-2-14-45(15-3-1)50-18-4-8-23-55(50)61(49-17-12-16-46(40-49)51-22-13-27-59-60(51)54-21-7-11-26-58(54)63-59)47-36-32-43(33-37-47)41-28-30-42(31-29-41)44-34-38-48(39-35-44)62-56-24-9-5-19-52(56)53-20-6-10-25-57(53)62/h1-40H. The van der Waals surface area contributed by atoms with Crippen molar-refractivity contribution < 1.29 is 4.42 Å². The molecular formula is C60H40N2O. The van der Waals surface area contributed by atoms with Gasteiger partial charge in [-0.25, -0.2) is 0 Å². The van der Waals surface area contributed by atoms with Crippen LogP contribution in [0.1, 0.15) is 0 Å². The molecule has 0 saturated heterocycles.